The maximum absolute atomic E-state index is 13.9. The summed E-state index contributed by atoms with van der Waals surface area (Å²) in [5.74, 6) is -0.792. The van der Waals surface area contributed by atoms with E-state index in [1.165, 1.54) is 0 Å². The number of halogens is 3. The fraction of sp³-hybridized carbons (Fsp3) is 0.385. The van der Waals surface area contributed by atoms with Crippen LogP contribution < -0.4 is 10.1 Å². The van der Waals surface area contributed by atoms with Gasteiger partial charge in [0.2, 0.25) is 11.8 Å². The number of hydrogen-bond donors (Lipinski definition) is 1. The molecule has 0 aliphatic carbocycles. The van der Waals surface area contributed by atoms with E-state index in [0.717, 1.165) is 5.56 Å². The summed E-state index contributed by atoms with van der Waals surface area (Å²) in [4.78, 5) is 16.5. The van der Waals surface area contributed by atoms with E-state index in [-0.39, 0.29) is 36.4 Å². The van der Waals surface area contributed by atoms with Gasteiger partial charge in [0.15, 0.2) is 5.69 Å². The van der Waals surface area contributed by atoms with Gasteiger partial charge in [-0.05, 0) is 38.8 Å². The lowest BCUT2D eigenvalue weighted by Crippen LogP contribution is -2.27. The van der Waals surface area contributed by atoms with Crippen molar-refractivity contribution >= 4 is 11.8 Å². The maximum Gasteiger partial charge on any atom is 0.421 e. The number of fused-ring (bicyclic) bond motifs is 5. The lowest BCUT2D eigenvalue weighted by Gasteiger charge is -2.21. The van der Waals surface area contributed by atoms with E-state index in [0.29, 0.717) is 18.9 Å². The molecule has 12 heteroatoms. The van der Waals surface area contributed by atoms with Gasteiger partial charge in [-0.1, -0.05) is 42.5 Å². The molecule has 0 radical (unpaired) electrons. The van der Waals surface area contributed by atoms with E-state index in [2.05, 4.69) is 20.5 Å². The van der Waals surface area contributed by atoms with Gasteiger partial charge >= 0.3 is 12.3 Å². The van der Waals surface area contributed by atoms with Crippen LogP contribution in [0.25, 0.3) is 11.6 Å². The summed E-state index contributed by atoms with van der Waals surface area (Å²) in [7, 11) is 0. The van der Waals surface area contributed by atoms with Crippen molar-refractivity contribution in [2.24, 2.45) is 0 Å². The lowest BCUT2D eigenvalue weighted by atomic mass is 10.2. The first-order valence-corrected chi connectivity index (χ1v) is 11.9. The average molecular weight is 533 g/mol. The van der Waals surface area contributed by atoms with Crippen molar-refractivity contribution < 1.29 is 36.6 Å². The van der Waals surface area contributed by atoms with Crippen molar-refractivity contribution in [1.82, 2.24) is 15.2 Å². The Kier molecular flexibility index (Phi) is 8.00. The molecule has 38 heavy (non-hydrogen) atoms. The van der Waals surface area contributed by atoms with Gasteiger partial charge in [0.25, 0.3) is 5.89 Å². The number of pyridine rings is 1. The van der Waals surface area contributed by atoms with Crippen LogP contribution in [0, 0.1) is 0 Å². The van der Waals surface area contributed by atoms with Crippen molar-refractivity contribution in [3.8, 4) is 17.5 Å². The number of rotatable bonds is 4. The highest BCUT2D eigenvalue weighted by Crippen LogP contribution is 2.40. The van der Waals surface area contributed by atoms with Gasteiger partial charge in [-0.15, -0.1) is 10.2 Å². The minimum atomic E-state index is -4.81. The second-order valence-electron chi connectivity index (χ2n) is 9.44. The van der Waals surface area contributed by atoms with E-state index in [1.807, 2.05) is 36.4 Å². The molecule has 4 rings (SSSR count). The van der Waals surface area contributed by atoms with Gasteiger partial charge < -0.3 is 18.6 Å². The normalized spacial score (nSPS) is 16.8. The molecule has 2 aromatic heterocycles. The summed E-state index contributed by atoms with van der Waals surface area (Å²) >= 11 is 0. The molecule has 0 saturated carbocycles. The molecule has 202 valence electrons. The molecule has 3 heterocycles. The Bertz CT molecular complexity index is 1290. The van der Waals surface area contributed by atoms with Crippen LogP contribution in [0.1, 0.15) is 56.7 Å². The molecule has 1 aliphatic heterocycles. The number of carbonyl (C=O) groups is 1. The predicted molar refractivity (Wildman–Crippen MR) is 130 cm³/mol. The standard InChI is InChI=1S/C26H27F3N4O5/c1-25(2,3)38-24(34)30-18-14-17(26(27,28)29)21-31-20(18)23-33-32-22(37-23)19(12-8-5-9-13-35-21)36-15-16-10-6-4-7-11-16/h4-8,10-11,14,19H,9,12-13,15H2,1-3H3,(H,30,34)/b8-5+. The van der Waals surface area contributed by atoms with Crippen LogP contribution in [0.4, 0.5) is 23.7 Å². The first kappa shape index (κ1) is 27.1. The zero-order valence-electron chi connectivity index (χ0n) is 21.0. The quantitative estimate of drug-likeness (QED) is 0.380. The minimum absolute atomic E-state index is 0.0608. The molecule has 3 aromatic rings. The maximum atomic E-state index is 13.9. The van der Waals surface area contributed by atoms with Crippen LogP contribution in [0.15, 0.2) is 53.0 Å². The Balaban J connectivity index is 1.73. The van der Waals surface area contributed by atoms with Gasteiger partial charge in [-0.2, -0.15) is 13.2 Å². The third kappa shape index (κ3) is 7.09. The molecule has 1 aliphatic rings. The molecule has 9 nitrogen and oxygen atoms in total. The van der Waals surface area contributed by atoms with Crippen LogP contribution in [0.2, 0.25) is 0 Å². The first-order chi connectivity index (χ1) is 18.0. The molecular formula is C26H27F3N4O5. The molecule has 0 spiro atoms. The summed E-state index contributed by atoms with van der Waals surface area (Å²) in [5, 5.41) is 10.4. The van der Waals surface area contributed by atoms with Gasteiger partial charge in [0.1, 0.15) is 17.3 Å². The summed E-state index contributed by atoms with van der Waals surface area (Å²) in [6, 6.07) is 10.2. The number of aromatic nitrogens is 3. The first-order valence-electron chi connectivity index (χ1n) is 11.9. The molecule has 0 saturated heterocycles. The van der Waals surface area contributed by atoms with Crippen molar-refractivity contribution in [1.29, 1.82) is 0 Å². The van der Waals surface area contributed by atoms with Gasteiger partial charge in [0.05, 0.1) is 18.9 Å². The van der Waals surface area contributed by atoms with E-state index in [1.54, 1.807) is 26.8 Å². The topological polar surface area (TPSA) is 109 Å². The van der Waals surface area contributed by atoms with Crippen LogP contribution in [-0.4, -0.2) is 33.5 Å². The molecule has 1 amide bonds. The second kappa shape index (κ2) is 11.2. The van der Waals surface area contributed by atoms with E-state index >= 15 is 0 Å². The number of carbonyl (C=O) groups excluding carboxylic acids is 1. The largest absolute Gasteiger partial charge is 0.477 e. The Morgan fingerprint density at radius 1 is 1.13 bits per heavy atom. The highest BCUT2D eigenvalue weighted by Gasteiger charge is 2.38. The molecular weight excluding hydrogens is 505 g/mol. The van der Waals surface area contributed by atoms with Gasteiger partial charge in [-0.25, -0.2) is 9.78 Å². The Morgan fingerprint density at radius 3 is 2.61 bits per heavy atom. The summed E-state index contributed by atoms with van der Waals surface area (Å²) in [6.45, 7) is 5.08. The Labute approximate surface area is 217 Å². The Morgan fingerprint density at radius 2 is 1.89 bits per heavy atom. The summed E-state index contributed by atoms with van der Waals surface area (Å²) in [6.07, 6.45) is -2.16. The molecule has 0 fully saturated rings. The molecule has 1 atom stereocenters. The monoisotopic (exact) mass is 532 g/mol. The van der Waals surface area contributed by atoms with Crippen molar-refractivity contribution in [3.63, 3.8) is 0 Å². The third-order valence-electron chi connectivity index (χ3n) is 5.18. The van der Waals surface area contributed by atoms with E-state index in [4.69, 9.17) is 18.6 Å². The number of nitrogens with zero attached hydrogens (tertiary/aromatic N) is 3. The lowest BCUT2D eigenvalue weighted by molar-refractivity contribution is -0.139. The fourth-order valence-electron chi connectivity index (χ4n) is 3.51. The zero-order valence-corrected chi connectivity index (χ0v) is 21.0. The van der Waals surface area contributed by atoms with Crippen LogP contribution >= 0.6 is 0 Å². The highest BCUT2D eigenvalue weighted by atomic mass is 19.4. The number of benzene rings is 1. The van der Waals surface area contributed by atoms with Crippen molar-refractivity contribution in [2.75, 3.05) is 11.9 Å². The van der Waals surface area contributed by atoms with E-state index in [9.17, 15) is 18.0 Å². The average Bonchev–Trinajstić information content (AvgIpc) is 3.32. The highest BCUT2D eigenvalue weighted by molar-refractivity contribution is 5.89. The molecule has 1 aromatic carbocycles. The van der Waals surface area contributed by atoms with Gasteiger partial charge in [0, 0.05) is 6.42 Å². The minimum Gasteiger partial charge on any atom is -0.477 e. The Hall–Kier alpha value is -3.93. The molecule has 1 N–H and O–H groups in total. The second-order valence-corrected chi connectivity index (χ2v) is 9.44. The smallest absolute Gasteiger partial charge is 0.421 e. The SMILES string of the molecule is CC(C)(C)OC(=O)Nc1cc(C(F)(F)F)c2nc1-c1nnc(o1)C(OCc1ccccc1)C/C=C/CCO2. The summed E-state index contributed by atoms with van der Waals surface area (Å²) < 4.78 is 64.1. The predicted octanol–water partition coefficient (Wildman–Crippen LogP) is 6.48. The molecule has 4 bridgehead atoms. The number of nitrogens with one attached hydrogen (secondary N) is 1. The third-order valence-corrected chi connectivity index (χ3v) is 5.18. The van der Waals surface area contributed by atoms with Gasteiger partial charge in [-0.3, -0.25) is 5.32 Å². The van der Waals surface area contributed by atoms with Crippen molar-refractivity contribution in [3.05, 3.63) is 65.6 Å². The number of ether oxygens (including phenoxy) is 3. The number of hydrogen-bond acceptors (Lipinski definition) is 8. The fourth-order valence-corrected chi connectivity index (χ4v) is 3.51. The molecule has 1 unspecified atom stereocenters. The van der Waals surface area contributed by atoms with Crippen LogP contribution in [-0.2, 0) is 22.3 Å². The number of anilines is 1. The van der Waals surface area contributed by atoms with Crippen LogP contribution in [0.3, 0.4) is 0 Å². The summed E-state index contributed by atoms with van der Waals surface area (Å²) in [5.41, 5.74) is -1.66. The zero-order chi connectivity index (χ0) is 27.3. The number of amides is 1. The number of alkyl halides is 3. The van der Waals surface area contributed by atoms with Crippen LogP contribution in [0.5, 0.6) is 5.88 Å². The van der Waals surface area contributed by atoms with E-state index < -0.39 is 35.4 Å². The van der Waals surface area contributed by atoms with Crippen molar-refractivity contribution in [2.45, 2.75) is 58.1 Å².